The van der Waals surface area contributed by atoms with Crippen LogP contribution in [0.4, 0.5) is 18.9 Å². The average molecular weight is 351 g/mol. The minimum absolute atomic E-state index is 0.125. The molecule has 4 nitrogen and oxygen atoms in total. The van der Waals surface area contributed by atoms with Crippen LogP contribution in [-0.4, -0.2) is 43.6 Å². The zero-order valence-electron chi connectivity index (χ0n) is 13.1. The van der Waals surface area contributed by atoms with Crippen LogP contribution in [0.1, 0.15) is 29.3 Å². The Morgan fingerprint density at radius 1 is 1.43 bits per heavy atom. The van der Waals surface area contributed by atoms with Crippen molar-refractivity contribution in [2.75, 3.05) is 20.2 Å². The third-order valence-corrected chi connectivity index (χ3v) is 3.33. The fraction of sp³-hybridized carbons (Fsp3) is 0.467. The number of hydrogen-bond acceptors (Lipinski definition) is 3. The highest BCUT2D eigenvalue weighted by molar-refractivity contribution is 6.33. The molecule has 0 spiro atoms. The number of esters is 1. The molecule has 0 radical (unpaired) electrons. The van der Waals surface area contributed by atoms with Gasteiger partial charge < -0.3 is 9.64 Å². The molecule has 0 aliphatic heterocycles. The molecule has 23 heavy (non-hydrogen) atoms. The molecule has 1 aromatic rings. The van der Waals surface area contributed by atoms with Gasteiger partial charge in [0.25, 0.3) is 0 Å². The van der Waals surface area contributed by atoms with E-state index in [1.165, 1.54) is 6.07 Å². The Balaban J connectivity index is 2.83. The SMILES string of the molecule is CCN(C)C=Nc1cc(C)c(C(=O)OCCC(F)(F)F)cc1Cl. The second-order valence-electron chi connectivity index (χ2n) is 4.94. The second kappa shape index (κ2) is 8.19. The first kappa shape index (κ1) is 19.3. The molecule has 0 saturated heterocycles. The number of aryl methyl sites for hydroxylation is 1. The maximum Gasteiger partial charge on any atom is 0.392 e. The molecule has 128 valence electrons. The highest BCUT2D eigenvalue weighted by atomic mass is 35.5. The van der Waals surface area contributed by atoms with E-state index in [2.05, 4.69) is 9.73 Å². The summed E-state index contributed by atoms with van der Waals surface area (Å²) in [5.74, 6) is -0.838. The molecule has 0 aromatic heterocycles. The molecule has 0 aliphatic carbocycles. The molecule has 8 heteroatoms. The number of aliphatic imine (C=N–C) groups is 1. The number of carbonyl (C=O) groups excluding carboxylic acids is 1. The van der Waals surface area contributed by atoms with Gasteiger partial charge in [-0.15, -0.1) is 0 Å². The predicted octanol–water partition coefficient (Wildman–Crippen LogP) is 4.37. The zero-order chi connectivity index (χ0) is 17.6. The van der Waals surface area contributed by atoms with Crippen molar-refractivity contribution in [1.82, 2.24) is 4.90 Å². The van der Waals surface area contributed by atoms with Crippen molar-refractivity contribution >= 4 is 29.6 Å². The second-order valence-corrected chi connectivity index (χ2v) is 5.34. The maximum atomic E-state index is 12.1. The monoisotopic (exact) mass is 350 g/mol. The Bertz CT molecular complexity index is 589. The number of ether oxygens (including phenoxy) is 1. The topological polar surface area (TPSA) is 41.9 Å². The van der Waals surface area contributed by atoms with Crippen molar-refractivity contribution in [3.63, 3.8) is 0 Å². The summed E-state index contributed by atoms with van der Waals surface area (Å²) in [4.78, 5) is 17.9. The van der Waals surface area contributed by atoms with Crippen molar-refractivity contribution in [3.8, 4) is 0 Å². The lowest BCUT2D eigenvalue weighted by Crippen LogP contribution is -2.15. The minimum Gasteiger partial charge on any atom is -0.462 e. The van der Waals surface area contributed by atoms with E-state index in [0.717, 1.165) is 6.54 Å². The average Bonchev–Trinajstić information content (AvgIpc) is 2.45. The van der Waals surface area contributed by atoms with Crippen molar-refractivity contribution in [2.24, 2.45) is 4.99 Å². The van der Waals surface area contributed by atoms with Gasteiger partial charge in [0.2, 0.25) is 0 Å². The summed E-state index contributed by atoms with van der Waals surface area (Å²) < 4.78 is 40.8. The molecule has 0 fully saturated rings. The molecular weight excluding hydrogens is 333 g/mol. The van der Waals surface area contributed by atoms with Crippen LogP contribution in [0, 0.1) is 6.92 Å². The van der Waals surface area contributed by atoms with Crippen LogP contribution < -0.4 is 0 Å². The summed E-state index contributed by atoms with van der Waals surface area (Å²) in [7, 11) is 1.84. The molecule has 0 amide bonds. The fourth-order valence-corrected chi connectivity index (χ4v) is 1.78. The fourth-order valence-electron chi connectivity index (χ4n) is 1.56. The maximum absolute atomic E-state index is 12.1. The van der Waals surface area contributed by atoms with Crippen molar-refractivity contribution < 1.29 is 22.7 Å². The molecule has 0 atom stereocenters. The number of rotatable bonds is 6. The first-order valence-electron chi connectivity index (χ1n) is 6.92. The van der Waals surface area contributed by atoms with Crippen LogP contribution in [0.15, 0.2) is 17.1 Å². The van der Waals surface area contributed by atoms with Crippen LogP contribution in [-0.2, 0) is 4.74 Å². The first-order chi connectivity index (χ1) is 10.6. The van der Waals surface area contributed by atoms with Crippen LogP contribution in [0.3, 0.4) is 0 Å². The number of hydrogen-bond donors (Lipinski definition) is 0. The van der Waals surface area contributed by atoms with E-state index in [9.17, 15) is 18.0 Å². The van der Waals surface area contributed by atoms with Crippen molar-refractivity contribution in [3.05, 3.63) is 28.3 Å². The summed E-state index contributed by atoms with van der Waals surface area (Å²) in [6.45, 7) is 3.64. The van der Waals surface area contributed by atoms with Gasteiger partial charge in [0, 0.05) is 13.6 Å². The summed E-state index contributed by atoms with van der Waals surface area (Å²) in [6, 6.07) is 2.94. The van der Waals surface area contributed by atoms with E-state index in [1.54, 1.807) is 19.3 Å². The standard InChI is InChI=1S/C15H18ClF3N2O2/c1-4-21(3)9-20-13-7-10(2)11(8-12(13)16)14(22)23-6-5-15(17,18)19/h7-9H,4-6H2,1-3H3. The van der Waals surface area contributed by atoms with E-state index < -0.39 is 25.2 Å². The minimum atomic E-state index is -4.36. The normalized spacial score (nSPS) is 11.8. The predicted molar refractivity (Wildman–Crippen MR) is 83.6 cm³/mol. The number of halogens is 4. The highest BCUT2D eigenvalue weighted by Gasteiger charge is 2.27. The van der Waals surface area contributed by atoms with Crippen molar-refractivity contribution in [1.29, 1.82) is 0 Å². The summed E-state index contributed by atoms with van der Waals surface area (Å²) in [5, 5.41) is 0.221. The van der Waals surface area contributed by atoms with Gasteiger partial charge in [0.15, 0.2) is 0 Å². The molecule has 0 unspecified atom stereocenters. The summed E-state index contributed by atoms with van der Waals surface area (Å²) in [5.41, 5.74) is 1.12. The lowest BCUT2D eigenvalue weighted by Gasteiger charge is -2.11. The zero-order valence-corrected chi connectivity index (χ0v) is 13.8. The van der Waals surface area contributed by atoms with E-state index in [0.29, 0.717) is 11.3 Å². The largest absolute Gasteiger partial charge is 0.462 e. The highest BCUT2D eigenvalue weighted by Crippen LogP contribution is 2.29. The molecule has 1 aromatic carbocycles. The third kappa shape index (κ3) is 6.48. The summed E-state index contributed by atoms with van der Waals surface area (Å²) in [6.07, 6.45) is -3.95. The molecule has 0 bridgehead atoms. The van der Waals surface area contributed by atoms with Crippen LogP contribution in [0.5, 0.6) is 0 Å². The number of benzene rings is 1. The quantitative estimate of drug-likeness (QED) is 0.434. The van der Waals surface area contributed by atoms with Gasteiger partial charge in [-0.2, -0.15) is 13.2 Å². The molecule has 1 rings (SSSR count). The Morgan fingerprint density at radius 2 is 2.09 bits per heavy atom. The van der Waals surface area contributed by atoms with Gasteiger partial charge in [0.1, 0.15) is 6.61 Å². The van der Waals surface area contributed by atoms with Gasteiger partial charge in [-0.25, -0.2) is 9.79 Å². The van der Waals surface area contributed by atoms with E-state index in [1.807, 2.05) is 18.9 Å². The van der Waals surface area contributed by atoms with Gasteiger partial charge in [0.05, 0.1) is 29.0 Å². The number of alkyl halides is 3. The Morgan fingerprint density at radius 3 is 2.65 bits per heavy atom. The van der Waals surface area contributed by atoms with Gasteiger partial charge in [-0.1, -0.05) is 11.6 Å². The molecule has 0 aliphatic rings. The van der Waals surface area contributed by atoms with Crippen LogP contribution in [0.2, 0.25) is 5.02 Å². The molecular formula is C15H18ClF3N2O2. The van der Waals surface area contributed by atoms with E-state index in [4.69, 9.17) is 11.6 Å². The summed E-state index contributed by atoms with van der Waals surface area (Å²) >= 11 is 6.06. The van der Waals surface area contributed by atoms with Crippen LogP contribution >= 0.6 is 11.6 Å². The van der Waals surface area contributed by atoms with Crippen molar-refractivity contribution in [2.45, 2.75) is 26.4 Å². The lowest BCUT2D eigenvalue weighted by molar-refractivity contribution is -0.141. The van der Waals surface area contributed by atoms with E-state index in [-0.39, 0.29) is 10.6 Å². The third-order valence-electron chi connectivity index (χ3n) is 3.03. The van der Waals surface area contributed by atoms with Gasteiger partial charge in [-0.05, 0) is 31.5 Å². The number of nitrogens with zero attached hydrogens (tertiary/aromatic N) is 2. The molecule has 0 saturated carbocycles. The number of carbonyl (C=O) groups is 1. The lowest BCUT2D eigenvalue weighted by atomic mass is 10.1. The Hall–Kier alpha value is -1.76. The Kier molecular flexibility index (Phi) is 6.87. The first-order valence-corrected chi connectivity index (χ1v) is 7.30. The van der Waals surface area contributed by atoms with Gasteiger partial charge >= 0.3 is 12.1 Å². The smallest absolute Gasteiger partial charge is 0.392 e. The molecule has 0 N–H and O–H groups in total. The molecule has 0 heterocycles. The van der Waals surface area contributed by atoms with Gasteiger partial charge in [-0.3, -0.25) is 0 Å². The van der Waals surface area contributed by atoms with Crippen LogP contribution in [0.25, 0.3) is 0 Å². The van der Waals surface area contributed by atoms with E-state index >= 15 is 0 Å². The Labute approximate surface area is 137 Å².